The van der Waals surface area contributed by atoms with Gasteiger partial charge in [-0.25, -0.2) is 0 Å². The van der Waals surface area contributed by atoms with Crippen molar-refractivity contribution in [1.82, 2.24) is 4.90 Å². The summed E-state index contributed by atoms with van der Waals surface area (Å²) in [5.74, 6) is -0.175. The van der Waals surface area contributed by atoms with Gasteiger partial charge in [0, 0.05) is 12.6 Å². The third-order valence-corrected chi connectivity index (χ3v) is 3.65. The number of esters is 1. The minimum Gasteiger partial charge on any atom is -0.465 e. The topological polar surface area (TPSA) is 49.8 Å². The van der Waals surface area contributed by atoms with Crippen LogP contribution < -0.4 is 0 Å². The molecule has 0 unspecified atom stereocenters. The maximum atomic E-state index is 11.6. The highest BCUT2D eigenvalue weighted by Gasteiger charge is 2.24. The van der Waals surface area contributed by atoms with Gasteiger partial charge in [-0.3, -0.25) is 9.69 Å². The third kappa shape index (κ3) is 5.36. The average molecular weight is 257 g/mol. The summed E-state index contributed by atoms with van der Waals surface area (Å²) in [6.07, 6.45) is 6.40. The summed E-state index contributed by atoms with van der Waals surface area (Å²) in [6, 6.07) is 0.435. The van der Waals surface area contributed by atoms with Crippen LogP contribution in [0.5, 0.6) is 0 Å². The molecular formula is C14H27NO3. The Labute approximate surface area is 110 Å². The molecule has 0 amide bonds. The number of nitrogens with zero attached hydrogens (tertiary/aromatic N) is 1. The molecule has 4 heteroatoms. The van der Waals surface area contributed by atoms with E-state index in [1.54, 1.807) is 0 Å². The molecule has 0 radical (unpaired) electrons. The van der Waals surface area contributed by atoms with E-state index >= 15 is 0 Å². The molecule has 0 spiro atoms. The summed E-state index contributed by atoms with van der Waals surface area (Å²) < 4.78 is 5.02. The molecule has 1 rings (SSSR count). The van der Waals surface area contributed by atoms with Gasteiger partial charge in [0.2, 0.25) is 0 Å². The lowest BCUT2D eigenvalue weighted by Crippen LogP contribution is -2.44. The molecule has 1 fully saturated rings. The fourth-order valence-corrected chi connectivity index (χ4v) is 2.56. The Balaban J connectivity index is 2.52. The number of carbonyl (C=O) groups excluding carboxylic acids is 1. The van der Waals surface area contributed by atoms with E-state index in [-0.39, 0.29) is 12.1 Å². The Hall–Kier alpha value is -0.610. The predicted molar refractivity (Wildman–Crippen MR) is 71.4 cm³/mol. The molecule has 0 aliphatic heterocycles. The SMILES string of the molecule is CCOC(=O)CN(C[C@H](O)CC)C1CCCCC1. The van der Waals surface area contributed by atoms with Crippen molar-refractivity contribution in [2.24, 2.45) is 0 Å². The normalized spacial score (nSPS) is 18.9. The van der Waals surface area contributed by atoms with Crippen molar-refractivity contribution >= 4 is 5.97 Å². The number of hydrogen-bond donors (Lipinski definition) is 1. The Morgan fingerprint density at radius 2 is 2.00 bits per heavy atom. The summed E-state index contributed by atoms with van der Waals surface area (Å²) in [5, 5.41) is 9.81. The standard InChI is InChI=1S/C14H27NO3/c1-3-13(16)10-15(11-14(17)18-4-2)12-8-6-5-7-9-12/h12-13,16H,3-11H2,1-2H3/t13-/m1/s1. The van der Waals surface area contributed by atoms with Gasteiger partial charge in [0.1, 0.15) is 0 Å². The molecule has 106 valence electrons. The number of aliphatic hydroxyl groups is 1. The number of aliphatic hydroxyl groups excluding tert-OH is 1. The molecule has 0 aromatic heterocycles. The Morgan fingerprint density at radius 3 is 2.56 bits per heavy atom. The molecule has 0 heterocycles. The molecule has 4 nitrogen and oxygen atoms in total. The van der Waals surface area contributed by atoms with Gasteiger partial charge in [-0.2, -0.15) is 0 Å². The van der Waals surface area contributed by atoms with Gasteiger partial charge in [0.15, 0.2) is 0 Å². The number of carbonyl (C=O) groups is 1. The fourth-order valence-electron chi connectivity index (χ4n) is 2.56. The summed E-state index contributed by atoms with van der Waals surface area (Å²) >= 11 is 0. The van der Waals surface area contributed by atoms with Crippen molar-refractivity contribution in [3.8, 4) is 0 Å². The monoisotopic (exact) mass is 257 g/mol. The van der Waals surface area contributed by atoms with Crippen LogP contribution in [-0.2, 0) is 9.53 Å². The predicted octanol–water partition coefficient (Wildman–Crippen LogP) is 1.96. The van der Waals surface area contributed by atoms with Crippen molar-refractivity contribution in [2.45, 2.75) is 64.5 Å². The lowest BCUT2D eigenvalue weighted by molar-refractivity contribution is -0.145. The van der Waals surface area contributed by atoms with Gasteiger partial charge in [0.05, 0.1) is 19.3 Å². The largest absolute Gasteiger partial charge is 0.465 e. The van der Waals surface area contributed by atoms with Gasteiger partial charge in [0.25, 0.3) is 0 Å². The van der Waals surface area contributed by atoms with Gasteiger partial charge in [-0.05, 0) is 26.2 Å². The second kappa shape index (κ2) is 8.48. The van der Waals surface area contributed by atoms with Crippen molar-refractivity contribution in [3.63, 3.8) is 0 Å². The van der Waals surface area contributed by atoms with Crippen LogP contribution in [0, 0.1) is 0 Å². The van der Waals surface area contributed by atoms with E-state index < -0.39 is 0 Å². The van der Waals surface area contributed by atoms with E-state index in [0.717, 1.165) is 19.3 Å². The van der Waals surface area contributed by atoms with Gasteiger partial charge in [-0.15, -0.1) is 0 Å². The van der Waals surface area contributed by atoms with Gasteiger partial charge < -0.3 is 9.84 Å². The van der Waals surface area contributed by atoms with Gasteiger partial charge >= 0.3 is 5.97 Å². The van der Waals surface area contributed by atoms with Crippen molar-refractivity contribution in [1.29, 1.82) is 0 Å². The summed E-state index contributed by atoms with van der Waals surface area (Å²) in [6.45, 7) is 5.11. The minimum absolute atomic E-state index is 0.175. The second-order valence-electron chi connectivity index (χ2n) is 5.09. The molecule has 1 saturated carbocycles. The van der Waals surface area contributed by atoms with Crippen LogP contribution in [0.15, 0.2) is 0 Å². The van der Waals surface area contributed by atoms with E-state index in [4.69, 9.17) is 4.74 Å². The van der Waals surface area contributed by atoms with E-state index in [1.165, 1.54) is 19.3 Å². The maximum Gasteiger partial charge on any atom is 0.320 e. The van der Waals surface area contributed by atoms with Crippen LogP contribution in [0.25, 0.3) is 0 Å². The summed E-state index contributed by atoms with van der Waals surface area (Å²) in [4.78, 5) is 13.7. The smallest absolute Gasteiger partial charge is 0.320 e. The number of ether oxygens (including phenoxy) is 1. The molecule has 1 aliphatic carbocycles. The van der Waals surface area contributed by atoms with Crippen molar-refractivity contribution in [3.05, 3.63) is 0 Å². The summed E-state index contributed by atoms with van der Waals surface area (Å²) in [5.41, 5.74) is 0. The maximum absolute atomic E-state index is 11.6. The molecule has 18 heavy (non-hydrogen) atoms. The minimum atomic E-state index is -0.346. The quantitative estimate of drug-likeness (QED) is 0.708. The van der Waals surface area contributed by atoms with E-state index in [0.29, 0.717) is 25.7 Å². The van der Waals surface area contributed by atoms with Crippen LogP contribution in [0.3, 0.4) is 0 Å². The van der Waals surface area contributed by atoms with E-state index in [1.807, 2.05) is 13.8 Å². The molecule has 1 aliphatic rings. The number of hydrogen-bond acceptors (Lipinski definition) is 4. The van der Waals surface area contributed by atoms with Gasteiger partial charge in [-0.1, -0.05) is 26.2 Å². The molecule has 0 saturated heterocycles. The second-order valence-corrected chi connectivity index (χ2v) is 5.09. The first kappa shape index (κ1) is 15.4. The molecule has 0 aromatic carbocycles. The first-order valence-electron chi connectivity index (χ1n) is 7.25. The van der Waals surface area contributed by atoms with Crippen LogP contribution in [-0.4, -0.2) is 47.8 Å². The molecule has 0 bridgehead atoms. The van der Waals surface area contributed by atoms with Crippen molar-refractivity contribution in [2.75, 3.05) is 19.7 Å². The molecule has 1 atom stereocenters. The first-order chi connectivity index (χ1) is 8.67. The van der Waals surface area contributed by atoms with E-state index in [9.17, 15) is 9.90 Å². The lowest BCUT2D eigenvalue weighted by atomic mass is 9.94. The highest BCUT2D eigenvalue weighted by atomic mass is 16.5. The zero-order chi connectivity index (χ0) is 13.4. The molecule has 1 N–H and O–H groups in total. The van der Waals surface area contributed by atoms with Crippen molar-refractivity contribution < 1.29 is 14.6 Å². The Morgan fingerprint density at radius 1 is 1.33 bits per heavy atom. The Kier molecular flexibility index (Phi) is 7.28. The van der Waals surface area contributed by atoms with E-state index in [2.05, 4.69) is 4.90 Å². The average Bonchev–Trinajstić information content (AvgIpc) is 2.39. The first-order valence-corrected chi connectivity index (χ1v) is 7.25. The van der Waals surface area contributed by atoms with Crippen LogP contribution >= 0.6 is 0 Å². The zero-order valence-corrected chi connectivity index (χ0v) is 11.7. The number of rotatable bonds is 7. The Bertz CT molecular complexity index is 239. The highest BCUT2D eigenvalue weighted by molar-refractivity contribution is 5.71. The molecule has 0 aromatic rings. The fraction of sp³-hybridized carbons (Fsp3) is 0.929. The third-order valence-electron chi connectivity index (χ3n) is 3.65. The lowest BCUT2D eigenvalue weighted by Gasteiger charge is -2.34. The zero-order valence-electron chi connectivity index (χ0n) is 11.7. The molecular weight excluding hydrogens is 230 g/mol. The van der Waals surface area contributed by atoms with Crippen LogP contribution in [0.2, 0.25) is 0 Å². The highest BCUT2D eigenvalue weighted by Crippen LogP contribution is 2.23. The van der Waals surface area contributed by atoms with Crippen LogP contribution in [0.1, 0.15) is 52.4 Å². The summed E-state index contributed by atoms with van der Waals surface area (Å²) in [7, 11) is 0. The van der Waals surface area contributed by atoms with Crippen LogP contribution in [0.4, 0.5) is 0 Å².